The van der Waals surface area contributed by atoms with Gasteiger partial charge in [-0.25, -0.2) is 14.6 Å². The van der Waals surface area contributed by atoms with E-state index in [0.29, 0.717) is 36.1 Å². The van der Waals surface area contributed by atoms with E-state index in [9.17, 15) is 14.4 Å². The number of urea groups is 1. The van der Waals surface area contributed by atoms with E-state index in [1.54, 1.807) is 41.0 Å². The predicted molar refractivity (Wildman–Crippen MR) is 109 cm³/mol. The Morgan fingerprint density at radius 3 is 2.82 bits per heavy atom. The maximum Gasteiger partial charge on any atom is 0.327 e. The highest BCUT2D eigenvalue weighted by atomic mass is 79.9. The molecule has 146 valence electrons. The number of anilines is 1. The number of fused-ring (bicyclic) bond motifs is 1. The molecule has 3 aromatic heterocycles. The smallest absolute Gasteiger partial charge is 0.324 e. The molecule has 10 heteroatoms. The summed E-state index contributed by atoms with van der Waals surface area (Å²) in [5.74, 6) is 0. The molecule has 1 aliphatic heterocycles. The molecule has 9 nitrogen and oxygen atoms in total. The number of likely N-dealkylation sites (tertiary alicyclic amines) is 1. The zero-order valence-electron chi connectivity index (χ0n) is 15.2. The normalized spacial score (nSPS) is 15.1. The van der Waals surface area contributed by atoms with E-state index in [0.717, 1.165) is 5.52 Å². The number of rotatable bonds is 2. The van der Waals surface area contributed by atoms with Crippen LogP contribution in [0.5, 0.6) is 0 Å². The van der Waals surface area contributed by atoms with E-state index < -0.39 is 0 Å². The van der Waals surface area contributed by atoms with Gasteiger partial charge in [0.1, 0.15) is 5.69 Å². The van der Waals surface area contributed by atoms with Gasteiger partial charge < -0.3 is 14.8 Å². The summed E-state index contributed by atoms with van der Waals surface area (Å²) in [6, 6.07) is 4.93. The molecule has 0 radical (unpaired) electrons. The van der Waals surface area contributed by atoms with Crippen LogP contribution in [0.25, 0.3) is 11.2 Å². The summed E-state index contributed by atoms with van der Waals surface area (Å²) < 4.78 is 3.83. The molecule has 0 atom stereocenters. The topological polar surface area (TPSA) is 105 Å². The van der Waals surface area contributed by atoms with Crippen LogP contribution in [0.3, 0.4) is 0 Å². The van der Waals surface area contributed by atoms with Gasteiger partial charge in [0.2, 0.25) is 0 Å². The summed E-state index contributed by atoms with van der Waals surface area (Å²) >= 11 is 3.32. The Kier molecular flexibility index (Phi) is 4.80. The molecule has 2 N–H and O–H groups in total. The van der Waals surface area contributed by atoms with Gasteiger partial charge in [-0.2, -0.15) is 0 Å². The lowest BCUT2D eigenvalue weighted by molar-refractivity contribution is 0.184. The minimum Gasteiger partial charge on any atom is -0.324 e. The number of pyridine rings is 2. The van der Waals surface area contributed by atoms with E-state index in [1.165, 1.54) is 4.57 Å². The Morgan fingerprint density at radius 2 is 2.07 bits per heavy atom. The number of nitrogens with zero attached hydrogens (tertiary/aromatic N) is 4. The predicted octanol–water partition coefficient (Wildman–Crippen LogP) is 2.05. The van der Waals surface area contributed by atoms with Crippen LogP contribution in [-0.4, -0.2) is 43.1 Å². The third-order valence-corrected chi connectivity index (χ3v) is 5.43. The molecule has 1 aliphatic rings. The van der Waals surface area contributed by atoms with Crippen LogP contribution in [0.15, 0.2) is 44.7 Å². The summed E-state index contributed by atoms with van der Waals surface area (Å²) in [5.41, 5.74) is 1.10. The second-order valence-electron chi connectivity index (χ2n) is 6.81. The quantitative estimate of drug-likeness (QED) is 0.628. The molecule has 2 amide bonds. The van der Waals surface area contributed by atoms with Gasteiger partial charge in [-0.05, 0) is 47.0 Å². The number of imidazole rings is 1. The van der Waals surface area contributed by atoms with Gasteiger partial charge in [0.25, 0.3) is 5.56 Å². The molecule has 3 aromatic rings. The van der Waals surface area contributed by atoms with Crippen molar-refractivity contribution in [2.24, 2.45) is 7.05 Å². The van der Waals surface area contributed by atoms with Crippen molar-refractivity contribution in [1.29, 1.82) is 0 Å². The fraction of sp³-hybridized carbons (Fsp3) is 0.333. The van der Waals surface area contributed by atoms with Gasteiger partial charge >= 0.3 is 11.7 Å². The molecule has 0 unspecified atom stereocenters. The number of carbonyl (C=O) groups is 1. The summed E-state index contributed by atoms with van der Waals surface area (Å²) in [5, 5.41) is 2.69. The Morgan fingerprint density at radius 1 is 1.32 bits per heavy atom. The van der Waals surface area contributed by atoms with Crippen LogP contribution in [-0.2, 0) is 7.05 Å². The summed E-state index contributed by atoms with van der Waals surface area (Å²) in [6.07, 6.45) is 4.57. The molecule has 0 aliphatic carbocycles. The maximum atomic E-state index is 12.6. The van der Waals surface area contributed by atoms with Gasteiger partial charge in [-0.3, -0.25) is 14.3 Å². The molecule has 1 saturated heterocycles. The first-order valence-corrected chi connectivity index (χ1v) is 9.70. The molecule has 28 heavy (non-hydrogen) atoms. The molecule has 4 heterocycles. The van der Waals surface area contributed by atoms with E-state index >= 15 is 0 Å². The number of carbonyl (C=O) groups excluding carboxylic acids is 1. The molecule has 4 rings (SSSR count). The molecule has 0 saturated carbocycles. The summed E-state index contributed by atoms with van der Waals surface area (Å²) in [7, 11) is 1.63. The minimum atomic E-state index is -0.318. The SMILES string of the molecule is Cn1cc(Br)cc(NC(=O)N2CCC(n3c(=O)[nH]c4ncccc43)CC2)c1=O. The molecular weight excluding hydrogens is 428 g/mol. The molecule has 0 spiro atoms. The van der Waals surface area contributed by atoms with E-state index in [-0.39, 0.29) is 29.0 Å². The average Bonchev–Trinajstić information content (AvgIpc) is 3.01. The zero-order chi connectivity index (χ0) is 19.8. The lowest BCUT2D eigenvalue weighted by Crippen LogP contribution is -2.43. The van der Waals surface area contributed by atoms with E-state index in [4.69, 9.17) is 0 Å². The first-order valence-electron chi connectivity index (χ1n) is 8.91. The molecule has 0 bridgehead atoms. The Hall–Kier alpha value is -2.88. The first-order chi connectivity index (χ1) is 13.4. The highest BCUT2D eigenvalue weighted by Crippen LogP contribution is 2.24. The Balaban J connectivity index is 1.47. The van der Waals surface area contributed by atoms with Crippen molar-refractivity contribution >= 4 is 38.8 Å². The number of nitrogens with one attached hydrogen (secondary N) is 2. The van der Waals surface area contributed by atoms with Crippen molar-refractivity contribution in [1.82, 2.24) is 24.0 Å². The highest BCUT2D eigenvalue weighted by Gasteiger charge is 2.26. The number of amides is 2. The van der Waals surface area contributed by atoms with Crippen molar-refractivity contribution in [3.8, 4) is 0 Å². The van der Waals surface area contributed by atoms with Crippen molar-refractivity contribution in [3.05, 3.63) is 55.9 Å². The molecular formula is C18H19BrN6O3. The van der Waals surface area contributed by atoms with Crippen LogP contribution >= 0.6 is 15.9 Å². The van der Waals surface area contributed by atoms with Gasteiger partial charge in [0.15, 0.2) is 5.65 Å². The number of aromatic amines is 1. The number of H-pyrrole nitrogens is 1. The standard InChI is InChI=1S/C18H19BrN6O3/c1-23-10-11(19)9-13(16(23)26)21-17(27)24-7-4-12(5-8-24)25-14-3-2-6-20-15(14)22-18(25)28/h2-3,6,9-10,12H,4-5,7-8H2,1H3,(H,21,27)(H,20,22,28). The van der Waals surface area contributed by atoms with Crippen molar-refractivity contribution in [3.63, 3.8) is 0 Å². The van der Waals surface area contributed by atoms with Gasteiger partial charge in [-0.15, -0.1) is 0 Å². The van der Waals surface area contributed by atoms with Crippen LogP contribution < -0.4 is 16.6 Å². The highest BCUT2D eigenvalue weighted by molar-refractivity contribution is 9.10. The van der Waals surface area contributed by atoms with Gasteiger partial charge in [-0.1, -0.05) is 0 Å². The summed E-state index contributed by atoms with van der Waals surface area (Å²) in [6.45, 7) is 0.981. The maximum absolute atomic E-state index is 12.6. The summed E-state index contributed by atoms with van der Waals surface area (Å²) in [4.78, 5) is 45.7. The number of hydrogen-bond acceptors (Lipinski definition) is 4. The number of halogens is 1. The Bertz CT molecular complexity index is 1160. The molecule has 0 aromatic carbocycles. The van der Waals surface area contributed by atoms with Gasteiger partial charge in [0.05, 0.1) is 5.52 Å². The molecule has 1 fully saturated rings. The second kappa shape index (κ2) is 7.27. The van der Waals surface area contributed by atoms with E-state index in [1.807, 2.05) is 6.07 Å². The van der Waals surface area contributed by atoms with Crippen LogP contribution in [0.4, 0.5) is 10.5 Å². The van der Waals surface area contributed by atoms with Crippen molar-refractivity contribution in [2.45, 2.75) is 18.9 Å². The largest absolute Gasteiger partial charge is 0.327 e. The lowest BCUT2D eigenvalue weighted by atomic mass is 10.0. The van der Waals surface area contributed by atoms with Crippen LogP contribution in [0, 0.1) is 0 Å². The number of hydrogen-bond donors (Lipinski definition) is 2. The Labute approximate surface area is 168 Å². The number of aromatic nitrogens is 4. The number of aryl methyl sites for hydroxylation is 1. The van der Waals surface area contributed by atoms with Crippen molar-refractivity contribution in [2.75, 3.05) is 18.4 Å². The average molecular weight is 447 g/mol. The minimum absolute atomic E-state index is 0.00626. The third kappa shape index (κ3) is 3.35. The fourth-order valence-corrected chi connectivity index (χ4v) is 4.14. The van der Waals surface area contributed by atoms with E-state index in [2.05, 4.69) is 31.2 Å². The van der Waals surface area contributed by atoms with Crippen LogP contribution in [0.2, 0.25) is 0 Å². The second-order valence-corrected chi connectivity index (χ2v) is 7.72. The van der Waals surface area contributed by atoms with Crippen molar-refractivity contribution < 1.29 is 4.79 Å². The monoisotopic (exact) mass is 446 g/mol. The third-order valence-electron chi connectivity index (χ3n) is 5.00. The fourth-order valence-electron chi connectivity index (χ4n) is 3.60. The van der Waals surface area contributed by atoms with Gasteiger partial charge in [0, 0.05) is 43.0 Å². The zero-order valence-corrected chi connectivity index (χ0v) is 16.8. The first kappa shape index (κ1) is 18.5. The van der Waals surface area contributed by atoms with Crippen LogP contribution in [0.1, 0.15) is 18.9 Å². The number of piperidine rings is 1. The lowest BCUT2D eigenvalue weighted by Gasteiger charge is -2.32.